The molecule has 0 aromatic heterocycles. The Hall–Kier alpha value is -4.48. The average molecular weight is 1050 g/mol. The third-order valence-corrected chi connectivity index (χ3v) is 17.8. The molecule has 0 atom stereocenters. The summed E-state index contributed by atoms with van der Waals surface area (Å²) in [4.78, 5) is 4.48. The second-order valence-corrected chi connectivity index (χ2v) is 30.2. The molecule has 72 heavy (non-hydrogen) atoms. The lowest BCUT2D eigenvalue weighted by Gasteiger charge is -2.26. The Labute approximate surface area is 446 Å². The Morgan fingerprint density at radius 3 is 0.528 bits per heavy atom. The molecular weight excluding hydrogens is 969 g/mol. The number of aromatic hydroxyl groups is 6. The minimum atomic E-state index is -0.332. The van der Waals surface area contributed by atoms with Crippen molar-refractivity contribution in [1.82, 2.24) is 0 Å². The normalized spacial score (nSPS) is 14.2. The Morgan fingerprint density at radius 2 is 0.375 bits per heavy atom. The van der Waals surface area contributed by atoms with Crippen LogP contribution in [0.2, 0.25) is 0 Å². The predicted molar refractivity (Wildman–Crippen MR) is 303 cm³/mol. The molecule has 0 spiro atoms. The highest BCUT2D eigenvalue weighted by Crippen LogP contribution is 2.54. The van der Waals surface area contributed by atoms with Crippen molar-refractivity contribution in [2.75, 3.05) is 0 Å². The van der Waals surface area contributed by atoms with Crippen LogP contribution in [0.15, 0.2) is 112 Å². The average Bonchev–Trinajstić information content (AvgIpc) is 3.23. The zero-order valence-corrected chi connectivity index (χ0v) is 48.9. The van der Waals surface area contributed by atoms with Crippen LogP contribution in [-0.4, -0.2) is 30.6 Å². The molecular formula is C62H76O6S4. The van der Waals surface area contributed by atoms with Crippen molar-refractivity contribution in [3.63, 3.8) is 0 Å². The number of fused-ring (bicyclic) bond motifs is 12. The van der Waals surface area contributed by atoms with Gasteiger partial charge in [-0.3, -0.25) is 0 Å². The van der Waals surface area contributed by atoms with Crippen LogP contribution in [0.1, 0.15) is 180 Å². The first-order valence-electron chi connectivity index (χ1n) is 24.8. The molecule has 0 fully saturated rings. The van der Waals surface area contributed by atoms with Gasteiger partial charge in [0.25, 0.3) is 0 Å². The summed E-state index contributed by atoms with van der Waals surface area (Å²) in [7, 11) is 0. The van der Waals surface area contributed by atoms with E-state index in [4.69, 9.17) is 0 Å². The minimum absolute atomic E-state index is 0.0303. The van der Waals surface area contributed by atoms with E-state index in [-0.39, 0.29) is 79.8 Å². The van der Waals surface area contributed by atoms with E-state index in [1.807, 2.05) is 72.8 Å². The second kappa shape index (κ2) is 19.3. The van der Waals surface area contributed by atoms with E-state index in [9.17, 15) is 30.6 Å². The van der Waals surface area contributed by atoms with Gasteiger partial charge < -0.3 is 30.6 Å². The molecule has 0 saturated heterocycles. The number of hydrogen-bond donors (Lipinski definition) is 6. The molecule has 1 aliphatic heterocycles. The number of rotatable bonds is 0. The summed E-state index contributed by atoms with van der Waals surface area (Å²) in [5.74, 6) is 0.311. The van der Waals surface area contributed by atoms with Crippen LogP contribution in [0.5, 0.6) is 34.5 Å². The first-order chi connectivity index (χ1) is 32.9. The number of benzene rings is 6. The van der Waals surface area contributed by atoms with Crippen LogP contribution in [0.25, 0.3) is 0 Å². The van der Waals surface area contributed by atoms with E-state index < -0.39 is 0 Å². The molecule has 6 aromatic carbocycles. The topological polar surface area (TPSA) is 121 Å². The number of phenols is 6. The monoisotopic (exact) mass is 1040 g/mol. The molecule has 0 unspecified atom stereocenters. The molecule has 6 N–H and O–H groups in total. The standard InChI is InChI=1S/C62H76O6S4/c1-57(2,3)37-21-33-19-35-23-39(59(7,8)9)27-45(53(35)65)70-47-29-41(61(13,14)15)31-49(55(47)67)72-50-32-42(62(16,17)18)30-48(56(50)68)71-46-28-40(60(10,11)12)24-36(54(46)66)20-34-22-38(58(4,5)6)26-44(52(34)64)69-43(25-37)51(33)63/h21-32,63-68H,19-20H2,1-18H3. The van der Waals surface area contributed by atoms with Gasteiger partial charge in [-0.05, 0) is 137 Å². The van der Waals surface area contributed by atoms with E-state index in [0.717, 1.165) is 33.4 Å². The Balaban J connectivity index is 1.58. The van der Waals surface area contributed by atoms with Crippen molar-refractivity contribution in [1.29, 1.82) is 0 Å². The molecule has 0 aliphatic carbocycles. The fourth-order valence-corrected chi connectivity index (χ4v) is 12.8. The van der Waals surface area contributed by atoms with Gasteiger partial charge in [0.2, 0.25) is 0 Å². The van der Waals surface area contributed by atoms with Gasteiger partial charge in [0.15, 0.2) is 0 Å². The van der Waals surface area contributed by atoms with Gasteiger partial charge in [-0.2, -0.15) is 0 Å². The SMILES string of the molecule is CC(C)(C)c1cc2c(O)c(c1)Sc1cc(C(C)(C)C)cc(c1O)Cc1cc(C(C)(C)C)cc(c1O)Sc1cc(C(C)(C)C)cc(c1O)Sc1cc(C(C)(C)C)cc(c1O)Sc1cc(C(C)(C)C)cc(c1O)C2. The van der Waals surface area contributed by atoms with E-state index in [1.165, 1.54) is 47.0 Å². The Bertz CT molecular complexity index is 2410. The van der Waals surface area contributed by atoms with Gasteiger partial charge in [0.1, 0.15) is 34.5 Å². The summed E-state index contributed by atoms with van der Waals surface area (Å²) in [5.41, 5.74) is 6.44. The summed E-state index contributed by atoms with van der Waals surface area (Å²) in [5, 5.41) is 74.6. The minimum Gasteiger partial charge on any atom is -0.506 e. The quantitative estimate of drug-likeness (QED) is 0.0876. The van der Waals surface area contributed by atoms with Crippen LogP contribution in [0.3, 0.4) is 0 Å². The largest absolute Gasteiger partial charge is 0.506 e. The fraction of sp³-hybridized carbons (Fsp3) is 0.419. The van der Waals surface area contributed by atoms with Crippen LogP contribution in [0, 0.1) is 0 Å². The van der Waals surface area contributed by atoms with Crippen molar-refractivity contribution in [2.24, 2.45) is 0 Å². The van der Waals surface area contributed by atoms with Crippen LogP contribution in [-0.2, 0) is 45.3 Å². The Morgan fingerprint density at radius 1 is 0.236 bits per heavy atom. The first kappa shape index (κ1) is 55.3. The first-order valence-corrected chi connectivity index (χ1v) is 28.1. The fourth-order valence-electron chi connectivity index (χ4n) is 8.47. The second-order valence-electron chi connectivity index (χ2n) is 25.8. The summed E-state index contributed by atoms with van der Waals surface area (Å²) >= 11 is 5.20. The van der Waals surface area contributed by atoms with E-state index in [2.05, 4.69) is 125 Å². The van der Waals surface area contributed by atoms with Gasteiger partial charge in [-0.25, -0.2) is 0 Å². The van der Waals surface area contributed by atoms with E-state index >= 15 is 0 Å². The zero-order chi connectivity index (χ0) is 53.6. The summed E-state index contributed by atoms with van der Waals surface area (Å²) < 4.78 is 0. The lowest BCUT2D eigenvalue weighted by molar-refractivity contribution is 0.443. The van der Waals surface area contributed by atoms with Crippen molar-refractivity contribution >= 4 is 47.0 Å². The third kappa shape index (κ3) is 11.9. The van der Waals surface area contributed by atoms with Crippen LogP contribution < -0.4 is 0 Å². The molecule has 1 aliphatic rings. The molecule has 0 amide bonds. The Kier molecular flexibility index (Phi) is 14.8. The third-order valence-electron chi connectivity index (χ3n) is 13.5. The maximum atomic E-state index is 12.4. The van der Waals surface area contributed by atoms with Crippen LogP contribution >= 0.6 is 47.0 Å². The molecule has 6 nitrogen and oxygen atoms in total. The maximum absolute atomic E-state index is 12.4. The van der Waals surface area contributed by atoms with Gasteiger partial charge in [-0.15, -0.1) is 0 Å². The highest BCUT2D eigenvalue weighted by atomic mass is 32.2. The molecule has 7 rings (SSSR count). The number of phenolic OH excluding ortho intramolecular Hbond substituents is 6. The van der Waals surface area contributed by atoms with Crippen molar-refractivity contribution in [3.05, 3.63) is 128 Å². The van der Waals surface area contributed by atoms with Gasteiger partial charge in [-0.1, -0.05) is 196 Å². The summed E-state index contributed by atoms with van der Waals surface area (Å²) in [6, 6.07) is 24.0. The molecule has 384 valence electrons. The highest BCUT2D eigenvalue weighted by molar-refractivity contribution is 8.01. The molecule has 0 saturated carbocycles. The zero-order valence-electron chi connectivity index (χ0n) is 45.7. The molecule has 1 heterocycles. The number of hydrogen-bond acceptors (Lipinski definition) is 10. The van der Waals surface area contributed by atoms with E-state index in [0.29, 0.717) is 61.4 Å². The van der Waals surface area contributed by atoms with Crippen molar-refractivity contribution in [3.8, 4) is 34.5 Å². The maximum Gasteiger partial charge on any atom is 0.143 e. The van der Waals surface area contributed by atoms with Gasteiger partial charge >= 0.3 is 0 Å². The lowest BCUT2D eigenvalue weighted by atomic mass is 9.83. The van der Waals surface area contributed by atoms with Gasteiger partial charge in [0, 0.05) is 12.8 Å². The predicted octanol–water partition coefficient (Wildman–Crippen LogP) is 17.8. The smallest absolute Gasteiger partial charge is 0.143 e. The molecule has 0 radical (unpaired) electrons. The highest BCUT2D eigenvalue weighted by Gasteiger charge is 2.30. The van der Waals surface area contributed by atoms with Gasteiger partial charge in [0.05, 0.1) is 39.2 Å². The molecule has 10 heteroatoms. The molecule has 12 bridgehead atoms. The van der Waals surface area contributed by atoms with Crippen LogP contribution in [0.4, 0.5) is 0 Å². The summed E-state index contributed by atoms with van der Waals surface area (Å²) in [6.45, 7) is 38.4. The van der Waals surface area contributed by atoms with E-state index in [1.54, 1.807) is 0 Å². The molecule has 6 aromatic rings. The lowest BCUT2D eigenvalue weighted by Crippen LogP contribution is -2.13. The van der Waals surface area contributed by atoms with Crippen molar-refractivity contribution in [2.45, 2.75) is 209 Å². The van der Waals surface area contributed by atoms with Crippen molar-refractivity contribution < 1.29 is 30.6 Å². The summed E-state index contributed by atoms with van der Waals surface area (Å²) in [6.07, 6.45) is 0.410.